The van der Waals surface area contributed by atoms with Gasteiger partial charge in [-0.25, -0.2) is 8.78 Å². The van der Waals surface area contributed by atoms with Crippen LogP contribution in [0.3, 0.4) is 0 Å². The van der Waals surface area contributed by atoms with E-state index in [9.17, 15) is 8.78 Å². The van der Waals surface area contributed by atoms with Crippen LogP contribution in [-0.2, 0) is 11.2 Å². The van der Waals surface area contributed by atoms with Crippen LogP contribution in [0.15, 0.2) is 23.3 Å². The molecule has 0 bridgehead atoms. The molecule has 0 spiro atoms. The molecule has 2 unspecified atom stereocenters. The normalized spacial score (nSPS) is 13.8. The summed E-state index contributed by atoms with van der Waals surface area (Å²) in [6.07, 6.45) is 0.196. The smallest absolute Gasteiger partial charge is 0.126 e. The summed E-state index contributed by atoms with van der Waals surface area (Å²) in [6.45, 7) is 0.156. The van der Waals surface area contributed by atoms with Gasteiger partial charge < -0.3 is 10.5 Å². The number of ether oxygens (including phenoxy) is 1. The van der Waals surface area contributed by atoms with Gasteiger partial charge in [-0.05, 0) is 29.6 Å². The van der Waals surface area contributed by atoms with Gasteiger partial charge in [-0.15, -0.1) is 0 Å². The lowest BCUT2D eigenvalue weighted by Crippen LogP contribution is -2.38. The Bertz CT molecular complexity index is 428. The van der Waals surface area contributed by atoms with Crippen LogP contribution in [0.5, 0.6) is 0 Å². The summed E-state index contributed by atoms with van der Waals surface area (Å²) in [5.41, 5.74) is 14.6. The topological polar surface area (TPSA) is 84.0 Å². The first-order valence-corrected chi connectivity index (χ1v) is 5.30. The van der Waals surface area contributed by atoms with Crippen molar-refractivity contribution in [2.75, 3.05) is 13.7 Å². The van der Waals surface area contributed by atoms with Gasteiger partial charge in [0.1, 0.15) is 11.6 Å². The Labute approximate surface area is 103 Å². The Balaban J connectivity index is 2.78. The molecule has 1 aromatic carbocycles. The van der Waals surface area contributed by atoms with Gasteiger partial charge in [0.15, 0.2) is 0 Å². The van der Waals surface area contributed by atoms with E-state index in [-0.39, 0.29) is 13.0 Å². The Morgan fingerprint density at radius 2 is 2.00 bits per heavy atom. The third kappa shape index (κ3) is 4.29. The zero-order chi connectivity index (χ0) is 13.5. The second-order valence-corrected chi connectivity index (χ2v) is 3.87. The van der Waals surface area contributed by atoms with Gasteiger partial charge in [0.2, 0.25) is 0 Å². The highest BCUT2D eigenvalue weighted by Crippen LogP contribution is 2.12. The zero-order valence-electron chi connectivity index (χ0n) is 9.88. The van der Waals surface area contributed by atoms with Gasteiger partial charge in [-0.1, -0.05) is 5.11 Å². The second kappa shape index (κ2) is 6.90. The number of azide groups is 1. The number of nitrogens with zero attached hydrogens (tertiary/aromatic N) is 3. The van der Waals surface area contributed by atoms with Crippen LogP contribution in [0.2, 0.25) is 0 Å². The minimum absolute atomic E-state index is 0.156. The van der Waals surface area contributed by atoms with Gasteiger partial charge in [-0.2, -0.15) is 0 Å². The number of methoxy groups -OCH3 is 1. The monoisotopic (exact) mass is 256 g/mol. The minimum atomic E-state index is -0.663. The van der Waals surface area contributed by atoms with Crippen LogP contribution >= 0.6 is 0 Å². The summed E-state index contributed by atoms with van der Waals surface area (Å²) in [4.78, 5) is 2.67. The Kier molecular flexibility index (Phi) is 5.51. The SMILES string of the molecule is COCC(N=[N+]=[N-])C(N)Cc1cc(F)cc(F)c1. The van der Waals surface area contributed by atoms with Gasteiger partial charge in [0.05, 0.1) is 12.6 Å². The molecule has 0 radical (unpaired) electrons. The van der Waals surface area contributed by atoms with Crippen molar-refractivity contribution in [3.63, 3.8) is 0 Å². The van der Waals surface area contributed by atoms with Crippen molar-refractivity contribution in [1.82, 2.24) is 0 Å². The van der Waals surface area contributed by atoms with Crippen LogP contribution in [0.4, 0.5) is 8.78 Å². The van der Waals surface area contributed by atoms with E-state index < -0.39 is 23.7 Å². The predicted octanol–water partition coefficient (Wildman–Crippen LogP) is 2.16. The number of rotatable bonds is 6. The molecule has 0 aliphatic rings. The lowest BCUT2D eigenvalue weighted by atomic mass is 10.0. The van der Waals surface area contributed by atoms with Gasteiger partial charge in [-0.3, -0.25) is 0 Å². The number of halogens is 2. The van der Waals surface area contributed by atoms with Crippen molar-refractivity contribution in [3.05, 3.63) is 45.8 Å². The lowest BCUT2D eigenvalue weighted by Gasteiger charge is -2.18. The molecule has 0 fully saturated rings. The fraction of sp³-hybridized carbons (Fsp3) is 0.455. The minimum Gasteiger partial charge on any atom is -0.384 e. The summed E-state index contributed by atoms with van der Waals surface area (Å²) in [5.74, 6) is -1.33. The van der Waals surface area contributed by atoms with Crippen LogP contribution < -0.4 is 5.73 Å². The lowest BCUT2D eigenvalue weighted by molar-refractivity contribution is 0.170. The third-order valence-corrected chi connectivity index (χ3v) is 2.43. The number of nitrogens with two attached hydrogens (primary N) is 1. The summed E-state index contributed by atoms with van der Waals surface area (Å²) in [6, 6.07) is 2.04. The molecule has 2 atom stereocenters. The van der Waals surface area contributed by atoms with E-state index in [1.807, 2.05) is 0 Å². The van der Waals surface area contributed by atoms with Crippen molar-refractivity contribution in [3.8, 4) is 0 Å². The highest BCUT2D eigenvalue weighted by atomic mass is 19.1. The molecule has 0 aliphatic carbocycles. The van der Waals surface area contributed by atoms with Crippen LogP contribution in [-0.4, -0.2) is 25.8 Å². The molecule has 5 nitrogen and oxygen atoms in total. The van der Waals surface area contributed by atoms with Crippen LogP contribution in [0.1, 0.15) is 5.56 Å². The highest BCUT2D eigenvalue weighted by molar-refractivity contribution is 5.19. The third-order valence-electron chi connectivity index (χ3n) is 2.43. The summed E-state index contributed by atoms with van der Waals surface area (Å²) in [7, 11) is 1.45. The number of hydrogen-bond donors (Lipinski definition) is 1. The van der Waals surface area contributed by atoms with Crippen LogP contribution in [0, 0.1) is 11.6 Å². The Hall–Kier alpha value is -1.69. The molecule has 0 aromatic heterocycles. The van der Waals surface area contributed by atoms with E-state index in [4.69, 9.17) is 16.0 Å². The van der Waals surface area contributed by atoms with E-state index in [1.165, 1.54) is 19.2 Å². The largest absolute Gasteiger partial charge is 0.384 e. The molecule has 0 saturated heterocycles. The van der Waals surface area contributed by atoms with Crippen molar-refractivity contribution < 1.29 is 13.5 Å². The molecule has 7 heteroatoms. The molecule has 18 heavy (non-hydrogen) atoms. The molecule has 1 rings (SSSR count). The van der Waals surface area contributed by atoms with Gasteiger partial charge in [0, 0.05) is 24.1 Å². The molecule has 0 aliphatic heterocycles. The molecule has 1 aromatic rings. The van der Waals surface area contributed by atoms with Crippen molar-refractivity contribution >= 4 is 0 Å². The maximum Gasteiger partial charge on any atom is 0.126 e. The fourth-order valence-electron chi connectivity index (χ4n) is 1.62. The van der Waals surface area contributed by atoms with Crippen molar-refractivity contribution in [2.24, 2.45) is 10.8 Å². The predicted molar refractivity (Wildman–Crippen MR) is 62.8 cm³/mol. The molecule has 0 amide bonds. The van der Waals surface area contributed by atoms with E-state index in [0.717, 1.165) is 6.07 Å². The molecule has 2 N–H and O–H groups in total. The molecule has 98 valence electrons. The Morgan fingerprint density at radius 1 is 1.39 bits per heavy atom. The summed E-state index contributed by atoms with van der Waals surface area (Å²) in [5, 5.41) is 3.50. The standard InChI is InChI=1S/C11H14F2N4O/c1-18-6-11(16-17-15)10(14)4-7-2-8(12)5-9(13)3-7/h2-3,5,10-11H,4,6,14H2,1H3. The quantitative estimate of drug-likeness (QED) is 0.480. The average Bonchev–Trinajstić information content (AvgIpc) is 2.27. The first-order valence-electron chi connectivity index (χ1n) is 5.30. The molecule has 0 saturated carbocycles. The maximum atomic E-state index is 13.0. The second-order valence-electron chi connectivity index (χ2n) is 3.87. The van der Waals surface area contributed by atoms with E-state index >= 15 is 0 Å². The number of hydrogen-bond acceptors (Lipinski definition) is 3. The Morgan fingerprint density at radius 3 is 2.50 bits per heavy atom. The zero-order valence-corrected chi connectivity index (χ0v) is 9.88. The van der Waals surface area contributed by atoms with E-state index in [1.54, 1.807) is 0 Å². The maximum absolute atomic E-state index is 13.0. The first kappa shape index (κ1) is 14.4. The highest BCUT2D eigenvalue weighted by Gasteiger charge is 2.17. The first-order chi connectivity index (χ1) is 8.56. The summed E-state index contributed by atoms with van der Waals surface area (Å²) >= 11 is 0. The van der Waals surface area contributed by atoms with E-state index in [0.29, 0.717) is 5.56 Å². The van der Waals surface area contributed by atoms with Gasteiger partial charge >= 0.3 is 0 Å². The van der Waals surface area contributed by atoms with Crippen molar-refractivity contribution in [1.29, 1.82) is 0 Å². The van der Waals surface area contributed by atoms with Crippen LogP contribution in [0.25, 0.3) is 10.4 Å². The van der Waals surface area contributed by atoms with Crippen molar-refractivity contribution in [2.45, 2.75) is 18.5 Å². The van der Waals surface area contributed by atoms with E-state index in [2.05, 4.69) is 10.0 Å². The average molecular weight is 256 g/mol. The van der Waals surface area contributed by atoms with Gasteiger partial charge in [0.25, 0.3) is 0 Å². The molecular formula is C11H14F2N4O. The fourth-order valence-corrected chi connectivity index (χ4v) is 1.62. The number of benzene rings is 1. The molecule has 0 heterocycles. The summed E-state index contributed by atoms with van der Waals surface area (Å²) < 4.78 is 30.8. The molecular weight excluding hydrogens is 242 g/mol.